The van der Waals surface area contributed by atoms with E-state index in [2.05, 4.69) is 6.92 Å². The number of amides is 1. The molecule has 5 heteroatoms. The summed E-state index contributed by atoms with van der Waals surface area (Å²) < 4.78 is 4.90. The number of carbonyl (C=O) groups excluding carboxylic acids is 1. The van der Waals surface area contributed by atoms with Gasteiger partial charge in [0.1, 0.15) is 0 Å². The summed E-state index contributed by atoms with van der Waals surface area (Å²) in [7, 11) is 3.43. The summed E-state index contributed by atoms with van der Waals surface area (Å²) >= 11 is 0. The molecule has 1 N–H and O–H groups in total. The Bertz CT molecular complexity index is 278. The van der Waals surface area contributed by atoms with Gasteiger partial charge in [0.25, 0.3) is 0 Å². The molecule has 112 valence electrons. The van der Waals surface area contributed by atoms with E-state index >= 15 is 0 Å². The van der Waals surface area contributed by atoms with Gasteiger partial charge >= 0.3 is 0 Å². The van der Waals surface area contributed by atoms with E-state index in [1.54, 1.807) is 7.11 Å². The van der Waals surface area contributed by atoms with Crippen LogP contribution in [0, 0.1) is 5.92 Å². The van der Waals surface area contributed by atoms with Crippen molar-refractivity contribution in [3.05, 3.63) is 0 Å². The third kappa shape index (κ3) is 5.09. The van der Waals surface area contributed by atoms with Crippen molar-refractivity contribution in [1.29, 1.82) is 0 Å². The zero-order valence-electron chi connectivity index (χ0n) is 12.6. The molecule has 1 aliphatic rings. The van der Waals surface area contributed by atoms with Crippen molar-refractivity contribution in [2.45, 2.75) is 38.8 Å². The van der Waals surface area contributed by atoms with Gasteiger partial charge in [-0.25, -0.2) is 0 Å². The second kappa shape index (κ2) is 7.82. The second-order valence-electron chi connectivity index (χ2n) is 5.73. The SMILES string of the molecule is COC[C@@H](O)CN(C)[C@@H](C)C(=O)N1CCC(C)CC1. The van der Waals surface area contributed by atoms with Crippen LogP contribution < -0.4 is 0 Å². The van der Waals surface area contributed by atoms with Gasteiger partial charge < -0.3 is 14.7 Å². The van der Waals surface area contributed by atoms with Crippen LogP contribution in [-0.2, 0) is 9.53 Å². The van der Waals surface area contributed by atoms with Gasteiger partial charge in [-0.1, -0.05) is 6.92 Å². The molecule has 0 bridgehead atoms. The van der Waals surface area contributed by atoms with E-state index in [0.29, 0.717) is 13.2 Å². The average molecular weight is 272 g/mol. The van der Waals surface area contributed by atoms with Crippen molar-refractivity contribution in [1.82, 2.24) is 9.80 Å². The Hall–Kier alpha value is -0.650. The quantitative estimate of drug-likeness (QED) is 0.768. The zero-order valence-corrected chi connectivity index (χ0v) is 12.6. The molecule has 1 saturated heterocycles. The minimum Gasteiger partial charge on any atom is -0.389 e. The smallest absolute Gasteiger partial charge is 0.239 e. The fourth-order valence-corrected chi connectivity index (χ4v) is 2.42. The Kier molecular flexibility index (Phi) is 6.75. The van der Waals surface area contributed by atoms with Crippen molar-refractivity contribution in [2.75, 3.05) is 40.4 Å². The second-order valence-corrected chi connectivity index (χ2v) is 5.73. The van der Waals surface area contributed by atoms with Gasteiger partial charge in [0, 0.05) is 26.7 Å². The predicted molar refractivity (Wildman–Crippen MR) is 75.0 cm³/mol. The number of likely N-dealkylation sites (tertiary alicyclic amines) is 1. The maximum atomic E-state index is 12.4. The molecule has 19 heavy (non-hydrogen) atoms. The van der Waals surface area contributed by atoms with Gasteiger partial charge in [0.05, 0.1) is 18.8 Å². The molecule has 1 amide bonds. The van der Waals surface area contributed by atoms with Crippen LogP contribution in [0.25, 0.3) is 0 Å². The van der Waals surface area contributed by atoms with Gasteiger partial charge in [-0.05, 0) is 32.7 Å². The molecule has 0 saturated carbocycles. The lowest BCUT2D eigenvalue weighted by Crippen LogP contribution is -2.50. The fourth-order valence-electron chi connectivity index (χ4n) is 2.42. The van der Waals surface area contributed by atoms with Crippen molar-refractivity contribution in [3.8, 4) is 0 Å². The third-order valence-corrected chi connectivity index (χ3v) is 3.97. The first-order chi connectivity index (χ1) is 8.95. The number of ether oxygens (including phenoxy) is 1. The molecule has 1 rings (SSSR count). The van der Waals surface area contributed by atoms with E-state index in [9.17, 15) is 9.90 Å². The molecule has 0 unspecified atom stereocenters. The minimum absolute atomic E-state index is 0.166. The molecular weight excluding hydrogens is 244 g/mol. The Morgan fingerprint density at radius 1 is 1.47 bits per heavy atom. The highest BCUT2D eigenvalue weighted by Gasteiger charge is 2.27. The van der Waals surface area contributed by atoms with Crippen LogP contribution in [0.2, 0.25) is 0 Å². The molecular formula is C14H28N2O3. The molecule has 0 aromatic heterocycles. The molecule has 0 aromatic carbocycles. The fraction of sp³-hybridized carbons (Fsp3) is 0.929. The third-order valence-electron chi connectivity index (χ3n) is 3.97. The van der Waals surface area contributed by atoms with Gasteiger partial charge in [-0.2, -0.15) is 0 Å². The largest absolute Gasteiger partial charge is 0.389 e. The molecule has 5 nitrogen and oxygen atoms in total. The molecule has 1 aliphatic heterocycles. The highest BCUT2D eigenvalue weighted by atomic mass is 16.5. The Labute approximate surface area is 116 Å². The number of piperidine rings is 1. The summed E-state index contributed by atoms with van der Waals surface area (Å²) in [6, 6.07) is -0.195. The molecule has 1 heterocycles. The Morgan fingerprint density at radius 2 is 2.05 bits per heavy atom. The number of hydrogen-bond donors (Lipinski definition) is 1. The monoisotopic (exact) mass is 272 g/mol. The summed E-state index contributed by atoms with van der Waals surface area (Å²) in [5.74, 6) is 0.889. The molecule has 1 fully saturated rings. The number of nitrogens with zero attached hydrogens (tertiary/aromatic N) is 2. The standard InChI is InChI=1S/C14H28N2O3/c1-11-5-7-16(8-6-11)14(18)12(2)15(3)9-13(17)10-19-4/h11-13,17H,5-10H2,1-4H3/t12-,13-/m0/s1. The van der Waals surface area contributed by atoms with Crippen molar-refractivity contribution >= 4 is 5.91 Å². The van der Waals surface area contributed by atoms with Gasteiger partial charge in [-0.3, -0.25) is 9.69 Å². The van der Waals surface area contributed by atoms with E-state index in [4.69, 9.17) is 4.74 Å². The number of aliphatic hydroxyl groups is 1. The highest BCUT2D eigenvalue weighted by molar-refractivity contribution is 5.81. The van der Waals surface area contributed by atoms with Crippen LogP contribution in [0.15, 0.2) is 0 Å². The lowest BCUT2D eigenvalue weighted by molar-refractivity contribution is -0.137. The zero-order chi connectivity index (χ0) is 14.4. The van der Waals surface area contributed by atoms with E-state index in [1.807, 2.05) is 23.8 Å². The normalized spacial score (nSPS) is 20.6. The molecule has 0 radical (unpaired) electrons. The first kappa shape index (κ1) is 16.4. The summed E-state index contributed by atoms with van der Waals surface area (Å²) in [5, 5.41) is 9.70. The molecule has 0 spiro atoms. The van der Waals surface area contributed by atoms with Crippen LogP contribution in [0.3, 0.4) is 0 Å². The number of likely N-dealkylation sites (N-methyl/N-ethyl adjacent to an activating group) is 1. The van der Waals surface area contributed by atoms with Crippen molar-refractivity contribution in [3.63, 3.8) is 0 Å². The lowest BCUT2D eigenvalue weighted by Gasteiger charge is -2.35. The van der Waals surface area contributed by atoms with Gasteiger partial charge in [-0.15, -0.1) is 0 Å². The predicted octanol–water partition coefficient (Wildman–Crippen LogP) is 0.573. The molecule has 0 aliphatic carbocycles. The first-order valence-corrected chi connectivity index (χ1v) is 7.11. The molecule has 0 aromatic rings. The van der Waals surface area contributed by atoms with Gasteiger partial charge in [0.15, 0.2) is 0 Å². The maximum Gasteiger partial charge on any atom is 0.239 e. The summed E-state index contributed by atoms with van der Waals surface area (Å²) in [6.45, 7) is 6.60. The van der Waals surface area contributed by atoms with E-state index in [1.165, 1.54) is 0 Å². The Morgan fingerprint density at radius 3 is 2.58 bits per heavy atom. The molecule has 2 atom stereocenters. The minimum atomic E-state index is -0.549. The number of carbonyl (C=O) groups is 1. The topological polar surface area (TPSA) is 53.0 Å². The average Bonchev–Trinajstić information content (AvgIpc) is 2.38. The summed E-state index contributed by atoms with van der Waals surface area (Å²) in [4.78, 5) is 16.2. The van der Waals surface area contributed by atoms with E-state index in [-0.39, 0.29) is 11.9 Å². The Balaban J connectivity index is 2.42. The van der Waals surface area contributed by atoms with Crippen molar-refractivity contribution in [2.24, 2.45) is 5.92 Å². The highest BCUT2D eigenvalue weighted by Crippen LogP contribution is 2.17. The summed E-state index contributed by atoms with van der Waals surface area (Å²) in [5.41, 5.74) is 0. The number of hydrogen-bond acceptors (Lipinski definition) is 4. The number of rotatable bonds is 6. The van der Waals surface area contributed by atoms with Crippen LogP contribution >= 0.6 is 0 Å². The van der Waals surface area contributed by atoms with E-state index in [0.717, 1.165) is 31.8 Å². The number of methoxy groups -OCH3 is 1. The van der Waals surface area contributed by atoms with Crippen LogP contribution in [-0.4, -0.2) is 73.4 Å². The maximum absolute atomic E-state index is 12.4. The van der Waals surface area contributed by atoms with Crippen LogP contribution in [0.5, 0.6) is 0 Å². The van der Waals surface area contributed by atoms with Gasteiger partial charge in [0.2, 0.25) is 5.91 Å². The number of aliphatic hydroxyl groups excluding tert-OH is 1. The summed E-state index contributed by atoms with van der Waals surface area (Å²) in [6.07, 6.45) is 1.63. The van der Waals surface area contributed by atoms with E-state index < -0.39 is 6.10 Å². The van der Waals surface area contributed by atoms with Crippen LogP contribution in [0.4, 0.5) is 0 Å². The lowest BCUT2D eigenvalue weighted by atomic mass is 9.99. The first-order valence-electron chi connectivity index (χ1n) is 7.11. The van der Waals surface area contributed by atoms with Crippen LogP contribution in [0.1, 0.15) is 26.7 Å². The van der Waals surface area contributed by atoms with Crippen molar-refractivity contribution < 1.29 is 14.6 Å².